The second-order valence-electron chi connectivity index (χ2n) is 4.68. The van der Waals surface area contributed by atoms with Crippen molar-refractivity contribution in [2.75, 3.05) is 6.61 Å². The van der Waals surface area contributed by atoms with Crippen molar-refractivity contribution in [3.8, 4) is 5.75 Å². The zero-order chi connectivity index (χ0) is 10.2. The van der Waals surface area contributed by atoms with Crippen LogP contribution in [-0.4, -0.2) is 6.61 Å². The fourth-order valence-corrected chi connectivity index (χ4v) is 2.25. The first-order valence-electron chi connectivity index (χ1n) is 4.99. The second-order valence-corrected chi connectivity index (χ2v) is 5.54. The summed E-state index contributed by atoms with van der Waals surface area (Å²) in [6.45, 7) is 5.32. The van der Waals surface area contributed by atoms with Gasteiger partial charge in [0.05, 0.1) is 11.1 Å². The number of ether oxygens (including phenoxy) is 1. The van der Waals surface area contributed by atoms with Crippen LogP contribution in [0.25, 0.3) is 0 Å². The Hall–Kier alpha value is -0.500. The van der Waals surface area contributed by atoms with Gasteiger partial charge in [-0.3, -0.25) is 0 Å². The molecule has 1 aromatic carbocycles. The van der Waals surface area contributed by atoms with Gasteiger partial charge in [0.15, 0.2) is 0 Å². The van der Waals surface area contributed by atoms with Crippen LogP contribution >= 0.6 is 15.9 Å². The van der Waals surface area contributed by atoms with Gasteiger partial charge < -0.3 is 4.74 Å². The maximum atomic E-state index is 5.85. The minimum atomic E-state index is 0.290. The van der Waals surface area contributed by atoms with E-state index in [1.807, 2.05) is 6.07 Å². The lowest BCUT2D eigenvalue weighted by atomic mass is 9.88. The third kappa shape index (κ3) is 1.95. The van der Waals surface area contributed by atoms with Crippen molar-refractivity contribution in [3.05, 3.63) is 28.2 Å². The molecular weight excluding hydrogens is 240 g/mol. The summed E-state index contributed by atoms with van der Waals surface area (Å²) < 4.78 is 6.92. The topological polar surface area (TPSA) is 9.23 Å². The molecular formula is C12H15BrO. The lowest BCUT2D eigenvalue weighted by Crippen LogP contribution is -2.19. The summed E-state index contributed by atoms with van der Waals surface area (Å²) in [6, 6.07) is 6.27. The molecule has 0 saturated carbocycles. The second kappa shape index (κ2) is 3.58. The predicted molar refractivity (Wildman–Crippen MR) is 61.7 cm³/mol. The molecule has 1 aromatic rings. The molecule has 1 heterocycles. The van der Waals surface area contributed by atoms with Crippen molar-refractivity contribution in [2.45, 2.75) is 26.7 Å². The molecule has 0 atom stereocenters. The fourth-order valence-electron chi connectivity index (χ4n) is 1.72. The van der Waals surface area contributed by atoms with Crippen LogP contribution in [0.1, 0.15) is 25.8 Å². The number of hydrogen-bond acceptors (Lipinski definition) is 1. The molecule has 0 aromatic heterocycles. The highest BCUT2D eigenvalue weighted by Crippen LogP contribution is 2.36. The smallest absolute Gasteiger partial charge is 0.136 e. The van der Waals surface area contributed by atoms with Gasteiger partial charge in [-0.05, 0) is 45.8 Å². The van der Waals surface area contributed by atoms with E-state index < -0.39 is 0 Å². The molecule has 1 aliphatic rings. The summed E-state index contributed by atoms with van der Waals surface area (Å²) in [6.07, 6.45) is 2.30. The SMILES string of the molecule is CC1(C)CCc2cccc(Br)c2OC1. The van der Waals surface area contributed by atoms with E-state index in [1.54, 1.807) is 0 Å². The molecule has 76 valence electrons. The largest absolute Gasteiger partial charge is 0.492 e. The van der Waals surface area contributed by atoms with Gasteiger partial charge in [-0.1, -0.05) is 26.0 Å². The molecule has 0 aliphatic carbocycles. The van der Waals surface area contributed by atoms with E-state index in [1.165, 1.54) is 12.0 Å². The van der Waals surface area contributed by atoms with Crippen LogP contribution in [0.15, 0.2) is 22.7 Å². The maximum absolute atomic E-state index is 5.85. The third-order valence-corrected chi connectivity index (χ3v) is 3.35. The monoisotopic (exact) mass is 254 g/mol. The average Bonchev–Trinajstić information content (AvgIpc) is 2.27. The van der Waals surface area contributed by atoms with Crippen LogP contribution in [0, 0.1) is 5.41 Å². The highest BCUT2D eigenvalue weighted by atomic mass is 79.9. The lowest BCUT2D eigenvalue weighted by molar-refractivity contribution is 0.181. The Kier molecular flexibility index (Phi) is 2.56. The molecule has 0 amide bonds. The number of fused-ring (bicyclic) bond motifs is 1. The Morgan fingerprint density at radius 2 is 2.14 bits per heavy atom. The van der Waals surface area contributed by atoms with Gasteiger partial charge in [0.25, 0.3) is 0 Å². The van der Waals surface area contributed by atoms with Crippen molar-refractivity contribution >= 4 is 15.9 Å². The minimum Gasteiger partial charge on any atom is -0.492 e. The van der Waals surface area contributed by atoms with E-state index in [0.717, 1.165) is 23.2 Å². The minimum absolute atomic E-state index is 0.290. The van der Waals surface area contributed by atoms with Crippen LogP contribution in [-0.2, 0) is 6.42 Å². The molecule has 0 N–H and O–H groups in total. The lowest BCUT2D eigenvalue weighted by Gasteiger charge is -2.20. The quantitative estimate of drug-likeness (QED) is 0.685. The molecule has 2 rings (SSSR count). The van der Waals surface area contributed by atoms with E-state index in [4.69, 9.17) is 4.74 Å². The molecule has 2 heteroatoms. The first kappa shape index (κ1) is 10.0. The van der Waals surface area contributed by atoms with E-state index in [2.05, 4.69) is 41.9 Å². The molecule has 14 heavy (non-hydrogen) atoms. The van der Waals surface area contributed by atoms with Crippen LogP contribution < -0.4 is 4.74 Å². The summed E-state index contributed by atoms with van der Waals surface area (Å²) in [5.41, 5.74) is 1.61. The van der Waals surface area contributed by atoms with Crippen molar-refractivity contribution in [1.29, 1.82) is 0 Å². The molecule has 0 bridgehead atoms. The average molecular weight is 255 g/mol. The molecule has 0 saturated heterocycles. The Bertz CT molecular complexity index is 344. The van der Waals surface area contributed by atoms with Crippen molar-refractivity contribution in [1.82, 2.24) is 0 Å². The molecule has 0 radical (unpaired) electrons. The number of para-hydroxylation sites is 1. The van der Waals surface area contributed by atoms with Crippen molar-refractivity contribution in [3.63, 3.8) is 0 Å². The standard InChI is InChI=1S/C12H15BrO/c1-12(2)7-6-9-4-3-5-10(13)11(9)14-8-12/h3-5H,6-8H2,1-2H3. The van der Waals surface area contributed by atoms with Gasteiger partial charge in [0, 0.05) is 0 Å². The molecule has 0 spiro atoms. The third-order valence-electron chi connectivity index (χ3n) is 2.73. The normalized spacial score (nSPS) is 19.4. The van der Waals surface area contributed by atoms with Crippen LogP contribution in [0.3, 0.4) is 0 Å². The zero-order valence-electron chi connectivity index (χ0n) is 8.64. The van der Waals surface area contributed by atoms with E-state index in [9.17, 15) is 0 Å². The molecule has 0 unspecified atom stereocenters. The number of benzene rings is 1. The maximum Gasteiger partial charge on any atom is 0.136 e. The van der Waals surface area contributed by atoms with E-state index >= 15 is 0 Å². The zero-order valence-corrected chi connectivity index (χ0v) is 10.2. The summed E-state index contributed by atoms with van der Waals surface area (Å²) in [7, 11) is 0. The van der Waals surface area contributed by atoms with Crippen LogP contribution in [0.4, 0.5) is 0 Å². The number of hydrogen-bond donors (Lipinski definition) is 0. The summed E-state index contributed by atoms with van der Waals surface area (Å²) in [5.74, 6) is 1.04. The predicted octanol–water partition coefficient (Wildman–Crippen LogP) is 3.80. The van der Waals surface area contributed by atoms with Crippen molar-refractivity contribution < 1.29 is 4.74 Å². The van der Waals surface area contributed by atoms with Gasteiger partial charge in [0.2, 0.25) is 0 Å². The van der Waals surface area contributed by atoms with Gasteiger partial charge in [-0.15, -0.1) is 0 Å². The van der Waals surface area contributed by atoms with Gasteiger partial charge in [-0.2, -0.15) is 0 Å². The molecule has 1 aliphatic heterocycles. The highest BCUT2D eigenvalue weighted by Gasteiger charge is 2.24. The number of aryl methyl sites for hydroxylation is 1. The van der Waals surface area contributed by atoms with Crippen molar-refractivity contribution in [2.24, 2.45) is 5.41 Å². The summed E-state index contributed by atoms with van der Waals surface area (Å²) in [4.78, 5) is 0. The highest BCUT2D eigenvalue weighted by molar-refractivity contribution is 9.10. The Balaban J connectivity index is 2.34. The Morgan fingerprint density at radius 1 is 1.36 bits per heavy atom. The first-order chi connectivity index (χ1) is 6.58. The van der Waals surface area contributed by atoms with Crippen LogP contribution in [0.5, 0.6) is 5.75 Å². The van der Waals surface area contributed by atoms with Gasteiger partial charge in [0.1, 0.15) is 5.75 Å². The molecule has 0 fully saturated rings. The Morgan fingerprint density at radius 3 is 2.93 bits per heavy atom. The fraction of sp³-hybridized carbons (Fsp3) is 0.500. The van der Waals surface area contributed by atoms with E-state index in [-0.39, 0.29) is 0 Å². The number of rotatable bonds is 0. The van der Waals surface area contributed by atoms with Gasteiger partial charge >= 0.3 is 0 Å². The first-order valence-corrected chi connectivity index (χ1v) is 5.78. The van der Waals surface area contributed by atoms with E-state index in [0.29, 0.717) is 5.41 Å². The van der Waals surface area contributed by atoms with Crippen LogP contribution in [0.2, 0.25) is 0 Å². The number of halogens is 1. The Labute approximate surface area is 93.6 Å². The van der Waals surface area contributed by atoms with Gasteiger partial charge in [-0.25, -0.2) is 0 Å². The summed E-state index contributed by atoms with van der Waals surface area (Å²) >= 11 is 3.53. The molecule has 1 nitrogen and oxygen atoms in total. The summed E-state index contributed by atoms with van der Waals surface area (Å²) in [5, 5.41) is 0.